The van der Waals surface area contributed by atoms with Crippen LogP contribution in [-0.4, -0.2) is 45.8 Å². The molecule has 0 spiro atoms. The molecule has 0 rings (SSSR count). The molecule has 4 heteroatoms. The topological polar surface area (TPSA) is 30.3 Å². The first-order chi connectivity index (χ1) is 8.65. The van der Waals surface area contributed by atoms with E-state index in [1.165, 1.54) is 0 Å². The van der Waals surface area contributed by atoms with E-state index in [9.17, 15) is 5.26 Å². The fraction of sp³-hybridized carbons (Fsp3) is 0.933. The monoisotopic (exact) mass is 285 g/mol. The van der Waals surface area contributed by atoms with Crippen molar-refractivity contribution in [1.82, 2.24) is 9.80 Å². The lowest BCUT2D eigenvalue weighted by Gasteiger charge is -2.52. The van der Waals surface area contributed by atoms with Crippen LogP contribution in [0.5, 0.6) is 0 Å². The van der Waals surface area contributed by atoms with Gasteiger partial charge in [-0.2, -0.15) is 5.26 Å². The Balaban J connectivity index is 5.88. The molecule has 3 nitrogen and oxygen atoms in total. The van der Waals surface area contributed by atoms with Crippen LogP contribution in [0.2, 0.25) is 0 Å². The van der Waals surface area contributed by atoms with Gasteiger partial charge in [0, 0.05) is 30.3 Å². The number of nitriles is 1. The SMILES string of the molecule is CC(C)N(C(C)C)C(C#N)(CP)N(C(C)C)C(C)C. The van der Waals surface area contributed by atoms with E-state index in [1.54, 1.807) is 0 Å². The van der Waals surface area contributed by atoms with Gasteiger partial charge in [0.1, 0.15) is 6.07 Å². The molecule has 112 valence electrons. The highest BCUT2D eigenvalue weighted by Crippen LogP contribution is 2.31. The van der Waals surface area contributed by atoms with E-state index < -0.39 is 5.66 Å². The summed E-state index contributed by atoms with van der Waals surface area (Å²) in [5.41, 5.74) is -0.560. The summed E-state index contributed by atoms with van der Waals surface area (Å²) in [7, 11) is 2.78. The second-order valence-electron chi connectivity index (χ2n) is 6.32. The van der Waals surface area contributed by atoms with Crippen molar-refractivity contribution in [3.8, 4) is 6.07 Å². The molecule has 0 aromatic rings. The van der Waals surface area contributed by atoms with E-state index in [0.29, 0.717) is 24.2 Å². The molecule has 0 aromatic heterocycles. The van der Waals surface area contributed by atoms with Crippen molar-refractivity contribution < 1.29 is 0 Å². The van der Waals surface area contributed by atoms with Gasteiger partial charge in [0.25, 0.3) is 0 Å². The normalized spacial score (nSPS) is 13.4. The zero-order valence-electron chi connectivity index (χ0n) is 13.9. The average molecular weight is 285 g/mol. The third kappa shape index (κ3) is 3.91. The molecular weight excluding hydrogens is 253 g/mol. The van der Waals surface area contributed by atoms with Crippen LogP contribution < -0.4 is 0 Å². The molecule has 0 N–H and O–H groups in total. The summed E-state index contributed by atoms with van der Waals surface area (Å²) < 4.78 is 0. The molecule has 0 amide bonds. The van der Waals surface area contributed by atoms with E-state index in [1.807, 2.05) is 0 Å². The molecule has 0 aliphatic heterocycles. The largest absolute Gasteiger partial charge is 0.268 e. The second kappa shape index (κ2) is 7.58. The van der Waals surface area contributed by atoms with Gasteiger partial charge in [-0.1, -0.05) is 0 Å². The van der Waals surface area contributed by atoms with E-state index in [-0.39, 0.29) is 0 Å². The van der Waals surface area contributed by atoms with Gasteiger partial charge < -0.3 is 0 Å². The Kier molecular flexibility index (Phi) is 7.51. The van der Waals surface area contributed by atoms with Gasteiger partial charge in [-0.15, -0.1) is 9.24 Å². The van der Waals surface area contributed by atoms with E-state index in [0.717, 1.165) is 6.16 Å². The van der Waals surface area contributed by atoms with Crippen molar-refractivity contribution in [3.63, 3.8) is 0 Å². The fourth-order valence-corrected chi connectivity index (χ4v) is 3.92. The van der Waals surface area contributed by atoms with Crippen molar-refractivity contribution in [2.75, 3.05) is 6.16 Å². The quantitative estimate of drug-likeness (QED) is 0.531. The summed E-state index contributed by atoms with van der Waals surface area (Å²) >= 11 is 0. The van der Waals surface area contributed by atoms with Crippen LogP contribution in [0.25, 0.3) is 0 Å². The molecule has 0 heterocycles. The maximum absolute atomic E-state index is 9.97. The molecule has 0 radical (unpaired) electrons. The Morgan fingerprint density at radius 1 is 0.842 bits per heavy atom. The zero-order valence-corrected chi connectivity index (χ0v) is 15.1. The smallest absolute Gasteiger partial charge is 0.168 e. The molecule has 0 bridgehead atoms. The van der Waals surface area contributed by atoms with Gasteiger partial charge in [-0.05, 0) is 55.4 Å². The summed E-state index contributed by atoms with van der Waals surface area (Å²) in [6.45, 7) is 17.4. The molecule has 0 saturated carbocycles. The van der Waals surface area contributed by atoms with E-state index in [2.05, 4.69) is 80.5 Å². The molecule has 1 unspecified atom stereocenters. The minimum Gasteiger partial charge on any atom is -0.268 e. The number of hydrogen-bond donors (Lipinski definition) is 0. The van der Waals surface area contributed by atoms with Gasteiger partial charge in [-0.25, -0.2) is 0 Å². The standard InChI is InChI=1S/C15H32N3P/c1-11(2)17(12(3)4)15(9-16,10-19)18(13(5)6)14(7)8/h11-14H,10,19H2,1-8H3. The Morgan fingerprint density at radius 3 is 1.21 bits per heavy atom. The van der Waals surface area contributed by atoms with Crippen molar-refractivity contribution in [2.45, 2.75) is 85.2 Å². The summed E-state index contributed by atoms with van der Waals surface area (Å²) in [6, 6.07) is 3.96. The van der Waals surface area contributed by atoms with Gasteiger partial charge in [0.15, 0.2) is 5.66 Å². The van der Waals surface area contributed by atoms with Gasteiger partial charge >= 0.3 is 0 Å². The third-order valence-corrected chi connectivity index (χ3v) is 4.11. The highest BCUT2D eigenvalue weighted by atomic mass is 31.0. The Morgan fingerprint density at radius 2 is 1.11 bits per heavy atom. The molecule has 1 atom stereocenters. The first-order valence-electron chi connectivity index (χ1n) is 7.33. The number of hydrogen-bond acceptors (Lipinski definition) is 3. The lowest BCUT2D eigenvalue weighted by atomic mass is 10.0. The third-order valence-electron chi connectivity index (χ3n) is 3.54. The lowest BCUT2D eigenvalue weighted by Crippen LogP contribution is -2.68. The summed E-state index contributed by atoms with van der Waals surface area (Å²) in [5.74, 6) is 0. The highest BCUT2D eigenvalue weighted by molar-refractivity contribution is 7.16. The molecule has 0 aromatic carbocycles. The average Bonchev–Trinajstić information content (AvgIpc) is 2.25. The van der Waals surface area contributed by atoms with Crippen LogP contribution in [0.1, 0.15) is 55.4 Å². The zero-order chi connectivity index (χ0) is 15.4. The Labute approximate surface area is 122 Å². The maximum atomic E-state index is 9.97. The minimum absolute atomic E-state index is 0.334. The van der Waals surface area contributed by atoms with Gasteiger partial charge in [0.2, 0.25) is 0 Å². The maximum Gasteiger partial charge on any atom is 0.168 e. The fourth-order valence-electron chi connectivity index (χ4n) is 3.41. The lowest BCUT2D eigenvalue weighted by molar-refractivity contribution is -0.0702. The van der Waals surface area contributed by atoms with Crippen molar-refractivity contribution in [2.24, 2.45) is 0 Å². The predicted molar refractivity (Wildman–Crippen MR) is 87.1 cm³/mol. The minimum atomic E-state index is -0.560. The van der Waals surface area contributed by atoms with Gasteiger partial charge in [-0.3, -0.25) is 9.80 Å². The molecule has 0 fully saturated rings. The Hall–Kier alpha value is -0.160. The number of rotatable bonds is 7. The first-order valence-corrected chi connectivity index (χ1v) is 8.15. The van der Waals surface area contributed by atoms with Crippen LogP contribution in [-0.2, 0) is 0 Å². The van der Waals surface area contributed by atoms with Crippen molar-refractivity contribution in [1.29, 1.82) is 5.26 Å². The van der Waals surface area contributed by atoms with Crippen LogP contribution in [0, 0.1) is 11.3 Å². The summed E-state index contributed by atoms with van der Waals surface area (Å²) in [6.07, 6.45) is 0.732. The highest BCUT2D eigenvalue weighted by Gasteiger charge is 2.46. The molecule has 0 saturated heterocycles. The summed E-state index contributed by atoms with van der Waals surface area (Å²) in [5, 5.41) is 9.97. The van der Waals surface area contributed by atoms with E-state index >= 15 is 0 Å². The number of nitrogens with zero attached hydrogens (tertiary/aromatic N) is 3. The van der Waals surface area contributed by atoms with Crippen LogP contribution in [0.15, 0.2) is 0 Å². The molecule has 19 heavy (non-hydrogen) atoms. The second-order valence-corrected chi connectivity index (χ2v) is 6.73. The molecule has 0 aliphatic rings. The van der Waals surface area contributed by atoms with Crippen LogP contribution in [0.4, 0.5) is 0 Å². The Bertz CT molecular complexity index is 269. The van der Waals surface area contributed by atoms with Crippen LogP contribution >= 0.6 is 9.24 Å². The van der Waals surface area contributed by atoms with E-state index in [4.69, 9.17) is 0 Å². The molecule has 0 aliphatic carbocycles. The first kappa shape index (κ1) is 18.8. The van der Waals surface area contributed by atoms with Crippen molar-refractivity contribution >= 4 is 9.24 Å². The van der Waals surface area contributed by atoms with Gasteiger partial charge in [0.05, 0.1) is 0 Å². The van der Waals surface area contributed by atoms with Crippen molar-refractivity contribution in [3.05, 3.63) is 0 Å². The predicted octanol–water partition coefficient (Wildman–Crippen LogP) is 3.32. The van der Waals surface area contributed by atoms with Crippen LogP contribution in [0.3, 0.4) is 0 Å². The molecular formula is C15H32N3P. The summed E-state index contributed by atoms with van der Waals surface area (Å²) in [4.78, 5) is 4.67.